The fourth-order valence-corrected chi connectivity index (χ4v) is 1.32. The van der Waals surface area contributed by atoms with Crippen LogP contribution in [0.15, 0.2) is 27.7 Å². The normalized spacial score (nSPS) is 11.2. The lowest BCUT2D eigenvalue weighted by Gasteiger charge is -2.04. The zero-order valence-corrected chi connectivity index (χ0v) is 9.08. The molecule has 0 aliphatic carbocycles. The Morgan fingerprint density at radius 1 is 1.57 bits per heavy atom. The maximum Gasteiger partial charge on any atom is 0.236 e. The summed E-state index contributed by atoms with van der Waals surface area (Å²) < 4.78 is 0.966. The van der Waals surface area contributed by atoms with Gasteiger partial charge in [0.05, 0.1) is 6.07 Å². The van der Waals surface area contributed by atoms with E-state index in [1.165, 1.54) is 6.08 Å². The van der Waals surface area contributed by atoms with Gasteiger partial charge in [0.2, 0.25) is 6.08 Å². The molecule has 0 aliphatic rings. The number of rotatable bonds is 2. The molecule has 1 unspecified atom stereocenters. The molecule has 0 saturated carbocycles. The fourth-order valence-electron chi connectivity index (χ4n) is 1.07. The molecule has 0 amide bonds. The number of carbonyl (C=O) groups excluding carboxylic acids is 1. The van der Waals surface area contributed by atoms with Gasteiger partial charge in [0.25, 0.3) is 0 Å². The predicted octanol–water partition coefficient (Wildman–Crippen LogP) is 2.66. The van der Waals surface area contributed by atoms with E-state index >= 15 is 0 Å². The number of aliphatic imine (C=N–C) groups is 1. The van der Waals surface area contributed by atoms with Gasteiger partial charge in [-0.2, -0.15) is 10.3 Å². The molecule has 0 heterocycles. The largest absolute Gasteiger partial charge is 0.236 e. The summed E-state index contributed by atoms with van der Waals surface area (Å²) in [4.78, 5) is 13.4. The quantitative estimate of drug-likeness (QED) is 0.599. The fraction of sp³-hybridized carbons (Fsp3) is 0.200. The maximum absolute atomic E-state index is 10.0. The van der Waals surface area contributed by atoms with E-state index in [1.807, 2.05) is 25.1 Å². The molecule has 3 nitrogen and oxygen atoms in total. The molecular weight excluding hydrogens is 244 g/mol. The first-order chi connectivity index (χ1) is 6.69. The van der Waals surface area contributed by atoms with E-state index in [4.69, 9.17) is 5.26 Å². The van der Waals surface area contributed by atoms with Crippen molar-refractivity contribution in [2.24, 2.45) is 4.99 Å². The molecule has 0 saturated heterocycles. The van der Waals surface area contributed by atoms with Crippen LogP contribution in [-0.2, 0) is 4.79 Å². The second-order valence-corrected chi connectivity index (χ2v) is 3.61. The molecule has 0 aromatic heterocycles. The Kier molecular flexibility index (Phi) is 3.58. The van der Waals surface area contributed by atoms with E-state index < -0.39 is 6.04 Å². The second kappa shape index (κ2) is 4.71. The lowest BCUT2D eigenvalue weighted by atomic mass is 10.1. The molecule has 0 bridgehead atoms. The summed E-state index contributed by atoms with van der Waals surface area (Å²) in [6.45, 7) is 1.91. The number of hydrogen-bond donors (Lipinski definition) is 0. The van der Waals surface area contributed by atoms with Crippen LogP contribution < -0.4 is 0 Å². The van der Waals surface area contributed by atoms with E-state index in [-0.39, 0.29) is 0 Å². The Bertz CT molecular complexity index is 430. The average Bonchev–Trinajstić information content (AvgIpc) is 2.19. The van der Waals surface area contributed by atoms with Gasteiger partial charge >= 0.3 is 0 Å². The average molecular weight is 251 g/mol. The van der Waals surface area contributed by atoms with Crippen molar-refractivity contribution in [2.75, 3.05) is 0 Å². The number of halogens is 1. The van der Waals surface area contributed by atoms with Gasteiger partial charge in [-0.3, -0.25) is 0 Å². The lowest BCUT2D eigenvalue weighted by Crippen LogP contribution is -1.92. The molecule has 0 fully saturated rings. The van der Waals surface area contributed by atoms with Crippen molar-refractivity contribution in [1.29, 1.82) is 5.26 Å². The zero-order chi connectivity index (χ0) is 10.6. The molecule has 1 aromatic carbocycles. The van der Waals surface area contributed by atoms with Crippen LogP contribution >= 0.6 is 15.9 Å². The van der Waals surface area contributed by atoms with Crippen molar-refractivity contribution in [3.63, 3.8) is 0 Å². The van der Waals surface area contributed by atoms with Crippen LogP contribution in [0, 0.1) is 18.3 Å². The highest BCUT2D eigenvalue weighted by Gasteiger charge is 2.09. The lowest BCUT2D eigenvalue weighted by molar-refractivity contribution is 0.561. The zero-order valence-electron chi connectivity index (χ0n) is 7.49. The van der Waals surface area contributed by atoms with Gasteiger partial charge in [0, 0.05) is 4.47 Å². The Morgan fingerprint density at radius 2 is 2.29 bits per heavy atom. The van der Waals surface area contributed by atoms with Gasteiger partial charge in [-0.05, 0) is 24.1 Å². The Hall–Kier alpha value is -1.43. The number of hydrogen-bond acceptors (Lipinski definition) is 3. The smallest absolute Gasteiger partial charge is 0.211 e. The number of aryl methyl sites for hydroxylation is 1. The number of isocyanates is 1. The van der Waals surface area contributed by atoms with Crippen LogP contribution in [0.4, 0.5) is 0 Å². The Labute approximate surface area is 90.2 Å². The highest BCUT2D eigenvalue weighted by Crippen LogP contribution is 2.22. The van der Waals surface area contributed by atoms with Crippen molar-refractivity contribution < 1.29 is 4.79 Å². The van der Waals surface area contributed by atoms with E-state index in [1.54, 1.807) is 6.07 Å². The minimum absolute atomic E-state index is 0.705. The number of nitrogens with zero attached hydrogens (tertiary/aromatic N) is 2. The van der Waals surface area contributed by atoms with Crippen molar-refractivity contribution in [1.82, 2.24) is 0 Å². The molecule has 1 rings (SSSR count). The first-order valence-electron chi connectivity index (χ1n) is 3.91. The minimum atomic E-state index is -0.751. The third-order valence-corrected chi connectivity index (χ3v) is 2.69. The summed E-state index contributed by atoms with van der Waals surface area (Å²) in [5.74, 6) is 0. The predicted molar refractivity (Wildman–Crippen MR) is 55.4 cm³/mol. The number of nitriles is 1. The molecular formula is C10H7BrN2O. The van der Waals surface area contributed by atoms with E-state index in [9.17, 15) is 4.79 Å². The maximum atomic E-state index is 10.0. The van der Waals surface area contributed by atoms with Crippen LogP contribution in [0.5, 0.6) is 0 Å². The van der Waals surface area contributed by atoms with Gasteiger partial charge in [-0.25, -0.2) is 4.79 Å². The molecule has 0 spiro atoms. The Morgan fingerprint density at radius 3 is 2.79 bits per heavy atom. The summed E-state index contributed by atoms with van der Waals surface area (Å²) in [5, 5.41) is 8.74. The molecule has 1 aromatic rings. The van der Waals surface area contributed by atoms with Gasteiger partial charge < -0.3 is 0 Å². The van der Waals surface area contributed by atoms with Crippen molar-refractivity contribution in [2.45, 2.75) is 13.0 Å². The minimum Gasteiger partial charge on any atom is -0.211 e. The molecule has 0 N–H and O–H groups in total. The van der Waals surface area contributed by atoms with Crippen molar-refractivity contribution in [3.05, 3.63) is 33.8 Å². The molecule has 0 aliphatic heterocycles. The van der Waals surface area contributed by atoms with Gasteiger partial charge in [0.15, 0.2) is 6.04 Å². The summed E-state index contributed by atoms with van der Waals surface area (Å²) >= 11 is 3.35. The van der Waals surface area contributed by atoms with Crippen LogP contribution in [0.1, 0.15) is 17.2 Å². The molecule has 70 valence electrons. The summed E-state index contributed by atoms with van der Waals surface area (Å²) in [6.07, 6.45) is 1.39. The standard InChI is InChI=1S/C10H7BrN2O/c1-7-4-8(2-3-9(7)11)10(5-12)13-6-14/h2-4,10H,1H3. The molecule has 1 atom stereocenters. The Balaban J connectivity index is 3.13. The monoisotopic (exact) mass is 250 g/mol. The van der Waals surface area contributed by atoms with Crippen LogP contribution in [-0.4, -0.2) is 6.08 Å². The van der Waals surface area contributed by atoms with Gasteiger partial charge in [-0.15, -0.1) is 0 Å². The SMILES string of the molecule is Cc1cc(C(C#N)N=C=O)ccc1Br. The third-order valence-electron chi connectivity index (χ3n) is 1.80. The molecule has 4 heteroatoms. The first-order valence-corrected chi connectivity index (χ1v) is 4.71. The highest BCUT2D eigenvalue weighted by atomic mass is 79.9. The second-order valence-electron chi connectivity index (χ2n) is 2.76. The summed E-state index contributed by atoms with van der Waals surface area (Å²) in [7, 11) is 0. The van der Waals surface area contributed by atoms with Crippen LogP contribution in [0.2, 0.25) is 0 Å². The molecule has 14 heavy (non-hydrogen) atoms. The molecule has 0 radical (unpaired) electrons. The number of benzene rings is 1. The summed E-state index contributed by atoms with van der Waals surface area (Å²) in [6, 6.07) is 6.57. The van der Waals surface area contributed by atoms with E-state index in [2.05, 4.69) is 20.9 Å². The topological polar surface area (TPSA) is 53.2 Å². The van der Waals surface area contributed by atoms with E-state index in [0.29, 0.717) is 5.56 Å². The van der Waals surface area contributed by atoms with E-state index in [0.717, 1.165) is 10.0 Å². The highest BCUT2D eigenvalue weighted by molar-refractivity contribution is 9.10. The van der Waals surface area contributed by atoms with Gasteiger partial charge in [0.1, 0.15) is 0 Å². The van der Waals surface area contributed by atoms with Crippen LogP contribution in [0.25, 0.3) is 0 Å². The summed E-state index contributed by atoms with van der Waals surface area (Å²) in [5.41, 5.74) is 1.71. The van der Waals surface area contributed by atoms with Gasteiger partial charge in [-0.1, -0.05) is 28.1 Å². The van der Waals surface area contributed by atoms with Crippen LogP contribution in [0.3, 0.4) is 0 Å². The first kappa shape index (κ1) is 10.6. The third kappa shape index (κ3) is 2.29. The van der Waals surface area contributed by atoms with Crippen molar-refractivity contribution >= 4 is 22.0 Å². The van der Waals surface area contributed by atoms with Crippen molar-refractivity contribution in [3.8, 4) is 6.07 Å².